The molecule has 0 fully saturated rings. The molecule has 0 atom stereocenters. The average Bonchev–Trinajstić information content (AvgIpc) is 3.43. The van der Waals surface area contributed by atoms with Crippen molar-refractivity contribution >= 4 is 33.9 Å². The van der Waals surface area contributed by atoms with Crippen LogP contribution in [0, 0.1) is 0 Å². The van der Waals surface area contributed by atoms with E-state index in [0.29, 0.717) is 5.69 Å². The van der Waals surface area contributed by atoms with Crippen molar-refractivity contribution in [3.05, 3.63) is 89.1 Å². The van der Waals surface area contributed by atoms with E-state index in [2.05, 4.69) is 80.7 Å². The second-order valence-corrected chi connectivity index (χ2v) is 8.32. The molecule has 0 aliphatic heterocycles. The molecular formula is C27H23N5O. The Labute approximate surface area is 190 Å². The molecule has 0 bridgehead atoms. The third-order valence-electron chi connectivity index (χ3n) is 6.50. The van der Waals surface area contributed by atoms with E-state index in [9.17, 15) is 4.79 Å². The quantitative estimate of drug-likeness (QED) is 0.307. The number of carbonyl (C=O) groups is 1. The molecular weight excluding hydrogens is 410 g/mol. The van der Waals surface area contributed by atoms with E-state index >= 15 is 0 Å². The number of aromatic amines is 1. The molecule has 1 amide bonds. The van der Waals surface area contributed by atoms with Crippen molar-refractivity contribution in [2.24, 2.45) is 5.10 Å². The fraction of sp³-hybridized carbons (Fsp3) is 0.148. The Morgan fingerprint density at radius 2 is 1.88 bits per heavy atom. The zero-order chi connectivity index (χ0) is 22.4. The van der Waals surface area contributed by atoms with Gasteiger partial charge in [0.05, 0.1) is 11.9 Å². The van der Waals surface area contributed by atoms with Crippen molar-refractivity contribution in [2.75, 3.05) is 0 Å². The first kappa shape index (κ1) is 19.5. The molecule has 6 rings (SSSR count). The van der Waals surface area contributed by atoms with E-state index in [-0.39, 0.29) is 5.91 Å². The predicted molar refractivity (Wildman–Crippen MR) is 132 cm³/mol. The SMILES string of the molecule is CCn1c2ccccc2c2cc(/C=N\NC(=O)c3[nH]nc4c3CCc3ccccc3-4)ccc21. The van der Waals surface area contributed by atoms with Gasteiger partial charge in [-0.25, -0.2) is 5.43 Å². The number of hydrogen-bond acceptors (Lipinski definition) is 3. The molecule has 0 saturated heterocycles. The van der Waals surface area contributed by atoms with Crippen LogP contribution >= 0.6 is 0 Å². The van der Waals surface area contributed by atoms with Crippen LogP contribution in [-0.2, 0) is 19.4 Å². The third-order valence-corrected chi connectivity index (χ3v) is 6.50. The second kappa shape index (κ2) is 7.74. The molecule has 3 aromatic carbocycles. The fourth-order valence-electron chi connectivity index (χ4n) is 4.96. The highest BCUT2D eigenvalue weighted by molar-refractivity contribution is 6.09. The van der Waals surface area contributed by atoms with Gasteiger partial charge in [0.2, 0.25) is 0 Å². The Kier molecular flexibility index (Phi) is 4.57. The summed E-state index contributed by atoms with van der Waals surface area (Å²) in [5.74, 6) is -0.275. The minimum absolute atomic E-state index is 0.275. The maximum absolute atomic E-state index is 12.8. The van der Waals surface area contributed by atoms with Gasteiger partial charge in [0.1, 0.15) is 5.69 Å². The monoisotopic (exact) mass is 433 g/mol. The first-order chi connectivity index (χ1) is 16.2. The smallest absolute Gasteiger partial charge is 0.289 e. The lowest BCUT2D eigenvalue weighted by Gasteiger charge is -2.15. The minimum Gasteiger partial charge on any atom is -0.341 e. The summed E-state index contributed by atoms with van der Waals surface area (Å²) in [6.07, 6.45) is 3.37. The standard InChI is InChI=1S/C27H23N5O/c1-2-32-23-10-6-5-9-20(23)22-15-17(11-14-24(22)32)16-28-31-27(33)26-21-13-12-18-7-3-4-8-19(18)25(21)29-30-26/h3-11,14-16H,2,12-13H2,1H3,(H,29,30)(H,31,33)/b28-16-. The van der Waals surface area contributed by atoms with Crippen LogP contribution in [0.15, 0.2) is 71.8 Å². The van der Waals surface area contributed by atoms with Crippen molar-refractivity contribution < 1.29 is 4.79 Å². The van der Waals surface area contributed by atoms with Crippen LogP contribution in [0.3, 0.4) is 0 Å². The number of hydrogen-bond donors (Lipinski definition) is 2. The summed E-state index contributed by atoms with van der Waals surface area (Å²) in [6.45, 7) is 3.07. The van der Waals surface area contributed by atoms with Gasteiger partial charge in [-0.2, -0.15) is 10.2 Å². The van der Waals surface area contributed by atoms with Gasteiger partial charge in [-0.1, -0.05) is 48.5 Å². The molecule has 0 saturated carbocycles. The number of amides is 1. The van der Waals surface area contributed by atoms with Gasteiger partial charge in [-0.3, -0.25) is 9.89 Å². The van der Waals surface area contributed by atoms with Crippen LogP contribution < -0.4 is 5.43 Å². The van der Waals surface area contributed by atoms with E-state index in [1.165, 1.54) is 27.4 Å². The lowest BCUT2D eigenvalue weighted by atomic mass is 9.89. The number of nitrogens with one attached hydrogen (secondary N) is 2. The summed E-state index contributed by atoms with van der Waals surface area (Å²) in [6, 6.07) is 22.9. The van der Waals surface area contributed by atoms with E-state index in [4.69, 9.17) is 0 Å². The van der Waals surface area contributed by atoms with Crippen molar-refractivity contribution in [2.45, 2.75) is 26.3 Å². The molecule has 0 radical (unpaired) electrons. The van der Waals surface area contributed by atoms with Crippen molar-refractivity contribution in [3.63, 3.8) is 0 Å². The van der Waals surface area contributed by atoms with Crippen LogP contribution in [-0.4, -0.2) is 26.9 Å². The van der Waals surface area contributed by atoms with Crippen molar-refractivity contribution in [1.29, 1.82) is 0 Å². The molecule has 33 heavy (non-hydrogen) atoms. The number of para-hydroxylation sites is 1. The van der Waals surface area contributed by atoms with E-state index in [1.54, 1.807) is 6.21 Å². The number of rotatable bonds is 4. The zero-order valence-electron chi connectivity index (χ0n) is 18.3. The van der Waals surface area contributed by atoms with E-state index in [0.717, 1.165) is 41.8 Å². The number of aromatic nitrogens is 3. The van der Waals surface area contributed by atoms with E-state index in [1.807, 2.05) is 18.2 Å². The first-order valence-electron chi connectivity index (χ1n) is 11.2. The number of benzene rings is 3. The summed E-state index contributed by atoms with van der Waals surface area (Å²) in [4.78, 5) is 12.8. The van der Waals surface area contributed by atoms with Crippen molar-refractivity contribution in [1.82, 2.24) is 20.2 Å². The molecule has 2 heterocycles. The molecule has 2 aromatic heterocycles. The lowest BCUT2D eigenvalue weighted by Crippen LogP contribution is -2.20. The number of aryl methyl sites for hydroxylation is 2. The zero-order valence-corrected chi connectivity index (χ0v) is 18.3. The van der Waals surface area contributed by atoms with Crippen LogP contribution in [0.2, 0.25) is 0 Å². The summed E-state index contributed by atoms with van der Waals surface area (Å²) in [5, 5.41) is 14.0. The highest BCUT2D eigenvalue weighted by Gasteiger charge is 2.24. The Balaban J connectivity index is 1.26. The third kappa shape index (κ3) is 3.14. The summed E-state index contributed by atoms with van der Waals surface area (Å²) < 4.78 is 2.31. The fourth-order valence-corrected chi connectivity index (χ4v) is 4.96. The van der Waals surface area contributed by atoms with Gasteiger partial charge in [0.25, 0.3) is 5.91 Å². The summed E-state index contributed by atoms with van der Waals surface area (Å²) in [7, 11) is 0. The first-order valence-corrected chi connectivity index (χ1v) is 11.2. The summed E-state index contributed by atoms with van der Waals surface area (Å²) >= 11 is 0. The second-order valence-electron chi connectivity index (χ2n) is 8.32. The predicted octanol–water partition coefficient (Wildman–Crippen LogP) is 5.07. The Morgan fingerprint density at radius 3 is 2.79 bits per heavy atom. The number of fused-ring (bicyclic) bond motifs is 6. The minimum atomic E-state index is -0.275. The van der Waals surface area contributed by atoms with Crippen LogP contribution in [0.5, 0.6) is 0 Å². The number of H-pyrrole nitrogens is 1. The number of carbonyl (C=O) groups excluding carboxylic acids is 1. The van der Waals surface area contributed by atoms with Crippen LogP contribution in [0.1, 0.15) is 34.1 Å². The van der Waals surface area contributed by atoms with Gasteiger partial charge in [-0.15, -0.1) is 0 Å². The largest absolute Gasteiger partial charge is 0.341 e. The lowest BCUT2D eigenvalue weighted by molar-refractivity contribution is 0.0949. The van der Waals surface area contributed by atoms with Crippen LogP contribution in [0.4, 0.5) is 0 Å². The highest BCUT2D eigenvalue weighted by atomic mass is 16.2. The molecule has 0 unspecified atom stereocenters. The molecule has 1 aliphatic rings. The molecule has 5 aromatic rings. The normalized spacial score (nSPS) is 12.9. The van der Waals surface area contributed by atoms with Gasteiger partial charge < -0.3 is 4.57 Å². The molecule has 6 heteroatoms. The summed E-state index contributed by atoms with van der Waals surface area (Å²) in [5.41, 5.74) is 10.7. The Hall–Kier alpha value is -4.19. The average molecular weight is 434 g/mol. The van der Waals surface area contributed by atoms with Crippen LogP contribution in [0.25, 0.3) is 33.1 Å². The molecule has 1 aliphatic carbocycles. The van der Waals surface area contributed by atoms with E-state index < -0.39 is 0 Å². The maximum Gasteiger partial charge on any atom is 0.289 e. The molecule has 162 valence electrons. The Morgan fingerprint density at radius 1 is 1.06 bits per heavy atom. The van der Waals surface area contributed by atoms with Gasteiger partial charge in [0.15, 0.2) is 0 Å². The van der Waals surface area contributed by atoms with Crippen molar-refractivity contribution in [3.8, 4) is 11.3 Å². The van der Waals surface area contributed by atoms with Gasteiger partial charge >= 0.3 is 0 Å². The van der Waals surface area contributed by atoms with Gasteiger partial charge in [-0.05, 0) is 49.1 Å². The van der Waals surface area contributed by atoms with Gasteiger partial charge in [0, 0.05) is 39.5 Å². The number of hydrazone groups is 1. The molecule has 2 N–H and O–H groups in total. The highest BCUT2D eigenvalue weighted by Crippen LogP contribution is 2.33. The topological polar surface area (TPSA) is 75.1 Å². The Bertz CT molecular complexity index is 1560. The number of nitrogens with zero attached hydrogens (tertiary/aromatic N) is 3. The maximum atomic E-state index is 12.8. The molecule has 0 spiro atoms. The molecule has 6 nitrogen and oxygen atoms in total.